The molecular formula is C15H26N4. The summed E-state index contributed by atoms with van der Waals surface area (Å²) in [7, 11) is 0. The molecule has 1 atom stereocenters. The van der Waals surface area contributed by atoms with Gasteiger partial charge in [-0.1, -0.05) is 32.1 Å². The van der Waals surface area contributed by atoms with E-state index in [0.717, 1.165) is 30.7 Å². The predicted octanol–water partition coefficient (Wildman–Crippen LogP) is 2.49. The zero-order valence-electron chi connectivity index (χ0n) is 12.1. The van der Waals surface area contributed by atoms with Gasteiger partial charge in [0.25, 0.3) is 0 Å². The summed E-state index contributed by atoms with van der Waals surface area (Å²) < 4.78 is 2.16. The fraction of sp³-hybridized carbons (Fsp3) is 0.867. The van der Waals surface area contributed by atoms with Gasteiger partial charge in [-0.2, -0.15) is 0 Å². The van der Waals surface area contributed by atoms with Crippen LogP contribution in [0.3, 0.4) is 0 Å². The zero-order chi connectivity index (χ0) is 13.1. The first-order valence-electron chi connectivity index (χ1n) is 7.89. The molecule has 3 rings (SSSR count). The molecule has 0 aromatic carbocycles. The molecule has 0 bridgehead atoms. The lowest BCUT2D eigenvalue weighted by Crippen LogP contribution is -2.27. The summed E-state index contributed by atoms with van der Waals surface area (Å²) in [5.41, 5.74) is 0. The van der Waals surface area contributed by atoms with Gasteiger partial charge in [0.1, 0.15) is 12.2 Å². The molecule has 1 saturated heterocycles. The summed E-state index contributed by atoms with van der Waals surface area (Å²) in [6.07, 6.45) is 10.7. The van der Waals surface area contributed by atoms with E-state index in [1.165, 1.54) is 51.6 Å². The molecule has 2 aliphatic rings. The first-order valence-corrected chi connectivity index (χ1v) is 7.89. The maximum atomic E-state index is 4.04. The van der Waals surface area contributed by atoms with E-state index < -0.39 is 0 Å². The first-order chi connectivity index (χ1) is 9.33. The Morgan fingerprint density at radius 1 is 1.11 bits per heavy atom. The standard InChI is InChI=1S/C15H26N4/c1-13-17-16-12-19(13)10-9-18-8-7-15(11-18)14-5-3-2-4-6-14/h12,14-15H,2-11H2,1H3. The maximum Gasteiger partial charge on any atom is 0.129 e. The monoisotopic (exact) mass is 262 g/mol. The van der Waals surface area contributed by atoms with E-state index >= 15 is 0 Å². The number of nitrogens with zero attached hydrogens (tertiary/aromatic N) is 4. The Morgan fingerprint density at radius 3 is 2.68 bits per heavy atom. The lowest BCUT2D eigenvalue weighted by atomic mass is 9.80. The second-order valence-electron chi connectivity index (χ2n) is 6.32. The minimum atomic E-state index is 0.974. The number of hydrogen-bond donors (Lipinski definition) is 0. The van der Waals surface area contributed by atoms with E-state index in [1.807, 2.05) is 13.3 Å². The van der Waals surface area contributed by atoms with Gasteiger partial charge >= 0.3 is 0 Å². The lowest BCUT2D eigenvalue weighted by molar-refractivity contribution is 0.234. The van der Waals surface area contributed by atoms with Crippen molar-refractivity contribution < 1.29 is 0 Å². The van der Waals surface area contributed by atoms with Crippen LogP contribution in [0.4, 0.5) is 0 Å². The molecule has 0 N–H and O–H groups in total. The highest BCUT2D eigenvalue weighted by Crippen LogP contribution is 2.34. The minimum absolute atomic E-state index is 0.974. The minimum Gasteiger partial charge on any atom is -0.317 e. The first kappa shape index (κ1) is 13.1. The molecule has 19 heavy (non-hydrogen) atoms. The molecule has 4 heteroatoms. The molecule has 4 nitrogen and oxygen atoms in total. The van der Waals surface area contributed by atoms with Crippen molar-refractivity contribution in [3.05, 3.63) is 12.2 Å². The molecule has 1 aromatic rings. The van der Waals surface area contributed by atoms with E-state index in [-0.39, 0.29) is 0 Å². The average molecular weight is 262 g/mol. The topological polar surface area (TPSA) is 34.0 Å². The van der Waals surface area contributed by atoms with Crippen LogP contribution in [-0.2, 0) is 6.54 Å². The number of hydrogen-bond acceptors (Lipinski definition) is 3. The Balaban J connectivity index is 1.45. The van der Waals surface area contributed by atoms with Crippen LogP contribution in [0, 0.1) is 18.8 Å². The third kappa shape index (κ3) is 3.16. The largest absolute Gasteiger partial charge is 0.317 e. The number of rotatable bonds is 4. The lowest BCUT2D eigenvalue weighted by Gasteiger charge is -2.27. The van der Waals surface area contributed by atoms with Crippen molar-refractivity contribution in [1.82, 2.24) is 19.7 Å². The van der Waals surface area contributed by atoms with Gasteiger partial charge in [-0.25, -0.2) is 0 Å². The third-order valence-electron chi connectivity index (χ3n) is 5.09. The number of likely N-dealkylation sites (tertiary alicyclic amines) is 1. The fourth-order valence-corrected chi connectivity index (χ4v) is 3.84. The quantitative estimate of drug-likeness (QED) is 0.836. The Morgan fingerprint density at radius 2 is 1.95 bits per heavy atom. The van der Waals surface area contributed by atoms with Gasteiger partial charge in [-0.05, 0) is 31.7 Å². The molecule has 106 valence electrons. The van der Waals surface area contributed by atoms with Gasteiger partial charge < -0.3 is 9.47 Å². The molecule has 1 unspecified atom stereocenters. The van der Waals surface area contributed by atoms with Crippen molar-refractivity contribution in [3.8, 4) is 0 Å². The fourth-order valence-electron chi connectivity index (χ4n) is 3.84. The summed E-state index contributed by atoms with van der Waals surface area (Å²) >= 11 is 0. The number of aryl methyl sites for hydroxylation is 1. The second kappa shape index (κ2) is 6.04. The Hall–Kier alpha value is -0.900. The van der Waals surface area contributed by atoms with Crippen molar-refractivity contribution in [2.24, 2.45) is 11.8 Å². The highest BCUT2D eigenvalue weighted by atomic mass is 15.3. The van der Waals surface area contributed by atoms with Crippen LogP contribution in [0.1, 0.15) is 44.3 Å². The van der Waals surface area contributed by atoms with Crippen LogP contribution in [0.5, 0.6) is 0 Å². The molecule has 1 saturated carbocycles. The van der Waals surface area contributed by atoms with E-state index in [1.54, 1.807) is 0 Å². The molecule has 0 radical (unpaired) electrons. The molecule has 1 aromatic heterocycles. The van der Waals surface area contributed by atoms with Crippen LogP contribution in [0.2, 0.25) is 0 Å². The second-order valence-corrected chi connectivity index (χ2v) is 6.32. The van der Waals surface area contributed by atoms with Gasteiger partial charge in [0.05, 0.1) is 0 Å². The molecule has 1 aliphatic heterocycles. The van der Waals surface area contributed by atoms with Gasteiger partial charge in [-0.15, -0.1) is 10.2 Å². The Kier molecular flexibility index (Phi) is 4.16. The molecule has 2 heterocycles. The van der Waals surface area contributed by atoms with Crippen LogP contribution >= 0.6 is 0 Å². The van der Waals surface area contributed by atoms with Gasteiger partial charge in [0.15, 0.2) is 0 Å². The molecule has 1 aliphatic carbocycles. The Labute approximate surface area is 116 Å². The normalized spacial score (nSPS) is 26.1. The molecular weight excluding hydrogens is 236 g/mol. The van der Waals surface area contributed by atoms with Gasteiger partial charge in [0.2, 0.25) is 0 Å². The smallest absolute Gasteiger partial charge is 0.129 e. The van der Waals surface area contributed by atoms with E-state index in [0.29, 0.717) is 0 Å². The van der Waals surface area contributed by atoms with Crippen LogP contribution in [0.25, 0.3) is 0 Å². The summed E-state index contributed by atoms with van der Waals surface area (Å²) in [6, 6.07) is 0. The summed E-state index contributed by atoms with van der Waals surface area (Å²) in [5.74, 6) is 3.03. The molecule has 0 spiro atoms. The number of aromatic nitrogens is 3. The van der Waals surface area contributed by atoms with Gasteiger partial charge in [-0.3, -0.25) is 0 Å². The molecule has 0 amide bonds. The molecule has 2 fully saturated rings. The van der Waals surface area contributed by atoms with Crippen LogP contribution in [-0.4, -0.2) is 39.3 Å². The maximum absolute atomic E-state index is 4.04. The van der Waals surface area contributed by atoms with E-state index in [2.05, 4.69) is 19.7 Å². The van der Waals surface area contributed by atoms with Crippen molar-refractivity contribution in [2.45, 2.75) is 52.0 Å². The van der Waals surface area contributed by atoms with Crippen molar-refractivity contribution in [3.63, 3.8) is 0 Å². The SMILES string of the molecule is Cc1nncn1CCN1CCC(C2CCCCC2)C1. The van der Waals surface area contributed by atoms with E-state index in [4.69, 9.17) is 0 Å². The summed E-state index contributed by atoms with van der Waals surface area (Å²) in [5, 5.41) is 7.99. The van der Waals surface area contributed by atoms with Crippen molar-refractivity contribution >= 4 is 0 Å². The Bertz CT molecular complexity index is 395. The van der Waals surface area contributed by atoms with Crippen LogP contribution in [0.15, 0.2) is 6.33 Å². The third-order valence-corrected chi connectivity index (χ3v) is 5.09. The van der Waals surface area contributed by atoms with Crippen molar-refractivity contribution in [1.29, 1.82) is 0 Å². The highest BCUT2D eigenvalue weighted by Gasteiger charge is 2.29. The summed E-state index contributed by atoms with van der Waals surface area (Å²) in [6.45, 7) is 6.84. The van der Waals surface area contributed by atoms with Crippen molar-refractivity contribution in [2.75, 3.05) is 19.6 Å². The van der Waals surface area contributed by atoms with E-state index in [9.17, 15) is 0 Å². The summed E-state index contributed by atoms with van der Waals surface area (Å²) in [4.78, 5) is 2.64. The van der Waals surface area contributed by atoms with Gasteiger partial charge in [0, 0.05) is 19.6 Å². The predicted molar refractivity (Wildman–Crippen MR) is 75.9 cm³/mol. The van der Waals surface area contributed by atoms with Crippen LogP contribution < -0.4 is 0 Å². The highest BCUT2D eigenvalue weighted by molar-refractivity contribution is 4.84. The average Bonchev–Trinajstić information content (AvgIpc) is 3.06. The zero-order valence-corrected chi connectivity index (χ0v) is 12.1.